The van der Waals surface area contributed by atoms with Gasteiger partial charge in [-0.1, -0.05) is 0 Å². The molecule has 1 N–H and O–H groups in total. The van der Waals surface area contributed by atoms with Crippen LogP contribution >= 0.6 is 11.8 Å². The number of aryl methyl sites for hydroxylation is 1. The maximum atomic E-state index is 13.3. The number of thioether (sulfide) groups is 1. The number of carbonyl (C=O) groups excluding carboxylic acids is 2. The van der Waals surface area contributed by atoms with E-state index in [-0.39, 0.29) is 24.5 Å². The van der Waals surface area contributed by atoms with E-state index in [0.717, 1.165) is 10.6 Å². The normalized spacial score (nSPS) is 10.9. The molecule has 0 aliphatic carbocycles. The van der Waals surface area contributed by atoms with Crippen LogP contribution in [0.1, 0.15) is 25.3 Å². The molecule has 32 heavy (non-hydrogen) atoms. The van der Waals surface area contributed by atoms with Crippen LogP contribution in [-0.4, -0.2) is 45.1 Å². The minimum atomic E-state index is -0.304. The molecule has 3 aromatic rings. The molecule has 2 aromatic heterocycles. The van der Waals surface area contributed by atoms with Crippen LogP contribution in [0.2, 0.25) is 0 Å². The van der Waals surface area contributed by atoms with Gasteiger partial charge in [0.1, 0.15) is 12.3 Å². The SMILES string of the molecule is CSc1ccc(NC(=O)N(CC(=O)N(Cc2ccco2)Cc2cccn2C)C(C)C)cc1. The molecule has 0 saturated carbocycles. The van der Waals surface area contributed by atoms with Gasteiger partial charge in [0, 0.05) is 35.6 Å². The van der Waals surface area contributed by atoms with Crippen LogP contribution in [0.25, 0.3) is 0 Å². The zero-order valence-corrected chi connectivity index (χ0v) is 19.8. The molecular formula is C24H30N4O3S. The summed E-state index contributed by atoms with van der Waals surface area (Å²) in [4.78, 5) is 30.7. The predicted octanol–water partition coefficient (Wildman–Crippen LogP) is 4.81. The fourth-order valence-corrected chi connectivity index (χ4v) is 3.69. The topological polar surface area (TPSA) is 70.7 Å². The second-order valence-electron chi connectivity index (χ2n) is 7.82. The zero-order valence-electron chi connectivity index (χ0n) is 18.9. The van der Waals surface area contributed by atoms with Crippen molar-refractivity contribution in [2.45, 2.75) is 37.9 Å². The Balaban J connectivity index is 1.72. The van der Waals surface area contributed by atoms with E-state index in [0.29, 0.717) is 24.5 Å². The van der Waals surface area contributed by atoms with E-state index in [1.807, 2.05) is 80.4 Å². The van der Waals surface area contributed by atoms with E-state index < -0.39 is 0 Å². The lowest BCUT2D eigenvalue weighted by atomic mass is 10.2. The van der Waals surface area contributed by atoms with Crippen molar-refractivity contribution < 1.29 is 14.0 Å². The minimum Gasteiger partial charge on any atom is -0.467 e. The van der Waals surface area contributed by atoms with Crippen molar-refractivity contribution in [3.05, 3.63) is 72.4 Å². The summed E-state index contributed by atoms with van der Waals surface area (Å²) in [6.45, 7) is 4.53. The monoisotopic (exact) mass is 454 g/mol. The lowest BCUT2D eigenvalue weighted by molar-refractivity contribution is -0.133. The predicted molar refractivity (Wildman–Crippen MR) is 127 cm³/mol. The fraction of sp³-hybridized carbons (Fsp3) is 0.333. The Bertz CT molecular complexity index is 1010. The molecule has 0 atom stereocenters. The largest absolute Gasteiger partial charge is 0.467 e. The number of hydrogen-bond donors (Lipinski definition) is 1. The molecule has 0 bridgehead atoms. The molecule has 3 amide bonds. The third kappa shape index (κ3) is 6.20. The molecule has 7 nitrogen and oxygen atoms in total. The summed E-state index contributed by atoms with van der Waals surface area (Å²) in [5.41, 5.74) is 1.70. The number of furan rings is 1. The number of nitrogens with one attached hydrogen (secondary N) is 1. The molecule has 0 radical (unpaired) electrons. The Morgan fingerprint density at radius 1 is 1.09 bits per heavy atom. The Kier molecular flexibility index (Phi) is 8.05. The van der Waals surface area contributed by atoms with Gasteiger partial charge in [0.2, 0.25) is 5.91 Å². The number of carbonyl (C=O) groups is 2. The summed E-state index contributed by atoms with van der Waals surface area (Å²) in [6, 6.07) is 14.8. The quantitative estimate of drug-likeness (QED) is 0.471. The van der Waals surface area contributed by atoms with E-state index in [1.54, 1.807) is 33.9 Å². The molecule has 0 aliphatic rings. The van der Waals surface area contributed by atoms with Gasteiger partial charge in [0.05, 0.1) is 19.4 Å². The van der Waals surface area contributed by atoms with Crippen LogP contribution in [0.4, 0.5) is 10.5 Å². The maximum absolute atomic E-state index is 13.3. The lowest BCUT2D eigenvalue weighted by Crippen LogP contribution is -2.47. The number of aromatic nitrogens is 1. The minimum absolute atomic E-state index is 0.0302. The van der Waals surface area contributed by atoms with Gasteiger partial charge in [-0.2, -0.15) is 0 Å². The highest BCUT2D eigenvalue weighted by molar-refractivity contribution is 7.98. The maximum Gasteiger partial charge on any atom is 0.322 e. The number of rotatable bonds is 9. The highest BCUT2D eigenvalue weighted by atomic mass is 32.2. The number of hydrogen-bond acceptors (Lipinski definition) is 4. The second-order valence-corrected chi connectivity index (χ2v) is 8.70. The smallest absolute Gasteiger partial charge is 0.322 e. The number of urea groups is 1. The Hall–Kier alpha value is -3.13. The van der Waals surface area contributed by atoms with Gasteiger partial charge in [-0.15, -0.1) is 11.8 Å². The average Bonchev–Trinajstić information content (AvgIpc) is 3.43. The van der Waals surface area contributed by atoms with Crippen molar-refractivity contribution in [3.63, 3.8) is 0 Å². The highest BCUT2D eigenvalue weighted by Crippen LogP contribution is 2.18. The van der Waals surface area contributed by atoms with E-state index in [4.69, 9.17) is 4.42 Å². The first-order valence-corrected chi connectivity index (χ1v) is 11.7. The Morgan fingerprint density at radius 2 is 1.84 bits per heavy atom. The van der Waals surface area contributed by atoms with Crippen molar-refractivity contribution in [3.8, 4) is 0 Å². The van der Waals surface area contributed by atoms with Gasteiger partial charge in [0.15, 0.2) is 0 Å². The molecule has 0 fully saturated rings. The molecule has 170 valence electrons. The third-order valence-electron chi connectivity index (χ3n) is 5.21. The molecule has 2 heterocycles. The molecule has 0 unspecified atom stereocenters. The summed E-state index contributed by atoms with van der Waals surface area (Å²) in [7, 11) is 1.95. The van der Waals surface area contributed by atoms with Crippen LogP contribution < -0.4 is 5.32 Å². The van der Waals surface area contributed by atoms with Crippen LogP contribution in [0, 0.1) is 0 Å². The summed E-state index contributed by atoms with van der Waals surface area (Å²) >= 11 is 1.64. The van der Waals surface area contributed by atoms with Gasteiger partial charge < -0.3 is 24.1 Å². The van der Waals surface area contributed by atoms with E-state index in [1.165, 1.54) is 0 Å². The third-order valence-corrected chi connectivity index (χ3v) is 5.96. The van der Waals surface area contributed by atoms with Crippen molar-refractivity contribution in [2.75, 3.05) is 18.1 Å². The van der Waals surface area contributed by atoms with E-state index in [9.17, 15) is 9.59 Å². The van der Waals surface area contributed by atoms with Crippen LogP contribution in [0.5, 0.6) is 0 Å². The summed E-state index contributed by atoms with van der Waals surface area (Å²) in [6.07, 6.45) is 5.54. The first kappa shape index (κ1) is 23.5. The average molecular weight is 455 g/mol. The molecule has 0 spiro atoms. The van der Waals surface area contributed by atoms with E-state index >= 15 is 0 Å². The number of nitrogens with zero attached hydrogens (tertiary/aromatic N) is 3. The molecule has 3 rings (SSSR count). The van der Waals surface area contributed by atoms with E-state index in [2.05, 4.69) is 5.32 Å². The Labute approximate surface area is 193 Å². The fourth-order valence-electron chi connectivity index (χ4n) is 3.28. The van der Waals surface area contributed by atoms with Gasteiger partial charge in [-0.25, -0.2) is 4.79 Å². The van der Waals surface area contributed by atoms with Crippen LogP contribution in [0.3, 0.4) is 0 Å². The van der Waals surface area contributed by atoms with Crippen LogP contribution in [-0.2, 0) is 24.9 Å². The molecule has 1 aromatic carbocycles. The summed E-state index contributed by atoms with van der Waals surface area (Å²) < 4.78 is 7.45. The van der Waals surface area contributed by atoms with Crippen molar-refractivity contribution >= 4 is 29.4 Å². The zero-order chi connectivity index (χ0) is 23.1. The highest BCUT2D eigenvalue weighted by Gasteiger charge is 2.25. The first-order valence-electron chi connectivity index (χ1n) is 10.5. The number of anilines is 1. The summed E-state index contributed by atoms with van der Waals surface area (Å²) in [5.74, 6) is 0.547. The molecule has 0 saturated heterocycles. The Morgan fingerprint density at radius 3 is 2.41 bits per heavy atom. The van der Waals surface area contributed by atoms with Gasteiger partial charge in [0.25, 0.3) is 0 Å². The summed E-state index contributed by atoms with van der Waals surface area (Å²) in [5, 5.41) is 2.90. The van der Waals surface area contributed by atoms with Gasteiger partial charge in [-0.05, 0) is 68.6 Å². The van der Waals surface area contributed by atoms with Gasteiger partial charge in [-0.3, -0.25) is 4.79 Å². The van der Waals surface area contributed by atoms with Gasteiger partial charge >= 0.3 is 6.03 Å². The second kappa shape index (κ2) is 10.9. The first-order chi connectivity index (χ1) is 15.4. The standard InChI is InChI=1S/C24H30N4O3S/c1-18(2)28(24(30)25-19-9-11-22(32-4)12-10-19)17-23(29)27(16-21-8-6-14-31-21)15-20-7-5-13-26(20)3/h5-14,18H,15-17H2,1-4H3,(H,25,30). The van der Waals surface area contributed by atoms with Crippen molar-refractivity contribution in [1.82, 2.24) is 14.4 Å². The lowest BCUT2D eigenvalue weighted by Gasteiger charge is -2.30. The van der Waals surface area contributed by atoms with Crippen molar-refractivity contribution in [1.29, 1.82) is 0 Å². The number of amides is 3. The molecular weight excluding hydrogens is 424 g/mol. The molecule has 0 aliphatic heterocycles. The number of benzene rings is 1. The van der Waals surface area contributed by atoms with Crippen LogP contribution in [0.15, 0.2) is 70.3 Å². The molecule has 8 heteroatoms. The van der Waals surface area contributed by atoms with Crippen molar-refractivity contribution in [2.24, 2.45) is 7.05 Å².